The Morgan fingerprint density at radius 2 is 1.85 bits per heavy atom. The van der Waals surface area contributed by atoms with Crippen molar-refractivity contribution in [1.29, 1.82) is 0 Å². The molecular formula is C14H20N2O3S. The van der Waals surface area contributed by atoms with Crippen LogP contribution >= 0.6 is 12.8 Å². The summed E-state index contributed by atoms with van der Waals surface area (Å²) in [5.41, 5.74) is 0.385. The summed E-state index contributed by atoms with van der Waals surface area (Å²) in [4.78, 5) is 23.3. The number of urea groups is 1. The predicted octanol–water partition coefficient (Wildman–Crippen LogP) is 2.34. The number of benzene rings is 1. The van der Waals surface area contributed by atoms with Crippen molar-refractivity contribution in [2.75, 3.05) is 0 Å². The molecule has 5 nitrogen and oxygen atoms in total. The highest BCUT2D eigenvalue weighted by Crippen LogP contribution is 2.13. The van der Waals surface area contributed by atoms with E-state index in [9.17, 15) is 14.7 Å². The van der Waals surface area contributed by atoms with Gasteiger partial charge in [-0.15, -0.1) is 0 Å². The average molecular weight is 296 g/mol. The second-order valence-electron chi connectivity index (χ2n) is 5.57. The summed E-state index contributed by atoms with van der Waals surface area (Å²) >= 11 is 4.04. The molecule has 1 atom stereocenters. The quantitative estimate of drug-likeness (QED) is 0.747. The Bertz CT molecular complexity index is 471. The fourth-order valence-electron chi connectivity index (χ4n) is 1.64. The van der Waals surface area contributed by atoms with Gasteiger partial charge in [0.25, 0.3) is 0 Å². The SMILES string of the molecule is CC(C)(C)NC(=O)N(S)C(Cc1ccccc1)C(=O)O. The first-order chi connectivity index (χ1) is 9.20. The Kier molecular flexibility index (Phi) is 5.44. The van der Waals surface area contributed by atoms with Crippen LogP contribution in [0, 0.1) is 0 Å². The number of nitrogens with one attached hydrogen (secondary N) is 1. The van der Waals surface area contributed by atoms with E-state index >= 15 is 0 Å². The Morgan fingerprint density at radius 1 is 1.30 bits per heavy atom. The Hall–Kier alpha value is -1.69. The van der Waals surface area contributed by atoms with Crippen LogP contribution < -0.4 is 5.32 Å². The van der Waals surface area contributed by atoms with E-state index in [4.69, 9.17) is 0 Å². The maximum atomic E-state index is 12.0. The number of thiol groups is 1. The molecule has 0 aromatic heterocycles. The minimum Gasteiger partial charge on any atom is -0.480 e. The predicted molar refractivity (Wildman–Crippen MR) is 80.7 cm³/mol. The molecule has 110 valence electrons. The molecule has 0 bridgehead atoms. The van der Waals surface area contributed by atoms with Crippen LogP contribution in [0.2, 0.25) is 0 Å². The van der Waals surface area contributed by atoms with Crippen molar-refractivity contribution in [3.63, 3.8) is 0 Å². The first-order valence-electron chi connectivity index (χ1n) is 6.27. The van der Waals surface area contributed by atoms with Crippen molar-refractivity contribution in [1.82, 2.24) is 9.62 Å². The van der Waals surface area contributed by atoms with Crippen molar-refractivity contribution in [2.45, 2.75) is 38.8 Å². The van der Waals surface area contributed by atoms with Crippen molar-refractivity contribution < 1.29 is 14.7 Å². The molecule has 0 radical (unpaired) electrons. The number of hydrogen-bond acceptors (Lipinski definition) is 3. The molecule has 0 saturated carbocycles. The summed E-state index contributed by atoms with van der Waals surface area (Å²) in [6.07, 6.45) is 0.206. The summed E-state index contributed by atoms with van der Waals surface area (Å²) in [7, 11) is 0. The van der Waals surface area contributed by atoms with Gasteiger partial charge in [0.15, 0.2) is 0 Å². The number of amides is 2. The third-order valence-corrected chi connectivity index (χ3v) is 3.00. The van der Waals surface area contributed by atoms with Gasteiger partial charge in [0.1, 0.15) is 6.04 Å². The molecule has 0 fully saturated rings. The zero-order valence-corrected chi connectivity index (χ0v) is 12.7. The molecule has 20 heavy (non-hydrogen) atoms. The first-order valence-corrected chi connectivity index (χ1v) is 6.67. The number of rotatable bonds is 4. The van der Waals surface area contributed by atoms with Crippen LogP contribution in [-0.4, -0.2) is 33.0 Å². The number of carboxylic acid groups (broad SMARTS) is 1. The molecule has 0 spiro atoms. The first kappa shape index (κ1) is 16.4. The van der Waals surface area contributed by atoms with Crippen molar-refractivity contribution in [3.8, 4) is 0 Å². The summed E-state index contributed by atoms with van der Waals surface area (Å²) in [5, 5.41) is 12.0. The standard InChI is InChI=1S/C14H20N2O3S/c1-14(2,3)15-13(19)16(20)11(12(17)18)9-10-7-5-4-6-8-10/h4-8,11,20H,9H2,1-3H3,(H,15,19)(H,17,18). The van der Waals surface area contributed by atoms with E-state index in [0.29, 0.717) is 0 Å². The topological polar surface area (TPSA) is 69.6 Å². The second kappa shape index (κ2) is 6.65. The third kappa shape index (κ3) is 5.13. The number of carbonyl (C=O) groups is 2. The molecule has 1 rings (SSSR count). The number of carboxylic acids is 1. The number of carbonyl (C=O) groups excluding carboxylic acids is 1. The van der Waals surface area contributed by atoms with Gasteiger partial charge in [0, 0.05) is 12.0 Å². The summed E-state index contributed by atoms with van der Waals surface area (Å²) in [6.45, 7) is 5.46. The van der Waals surface area contributed by atoms with E-state index in [2.05, 4.69) is 18.1 Å². The summed E-state index contributed by atoms with van der Waals surface area (Å²) in [6, 6.07) is 7.59. The monoisotopic (exact) mass is 296 g/mol. The highest BCUT2D eigenvalue weighted by molar-refractivity contribution is 7.78. The summed E-state index contributed by atoms with van der Waals surface area (Å²) < 4.78 is 0.931. The molecule has 2 N–H and O–H groups in total. The molecule has 0 aliphatic carbocycles. The lowest BCUT2D eigenvalue weighted by Crippen LogP contribution is -2.50. The van der Waals surface area contributed by atoms with Crippen molar-refractivity contribution in [2.24, 2.45) is 0 Å². The lowest BCUT2D eigenvalue weighted by Gasteiger charge is -2.28. The second-order valence-corrected chi connectivity index (χ2v) is 6.00. The minimum atomic E-state index is -1.09. The lowest BCUT2D eigenvalue weighted by atomic mass is 10.1. The van der Waals surface area contributed by atoms with Gasteiger partial charge < -0.3 is 10.4 Å². The molecule has 0 aliphatic rings. The maximum absolute atomic E-state index is 12.0. The van der Waals surface area contributed by atoms with Gasteiger partial charge in [-0.2, -0.15) is 0 Å². The Balaban J connectivity index is 2.81. The highest BCUT2D eigenvalue weighted by Gasteiger charge is 2.29. The van der Waals surface area contributed by atoms with Crippen LogP contribution in [0.25, 0.3) is 0 Å². The maximum Gasteiger partial charge on any atom is 0.328 e. The van der Waals surface area contributed by atoms with Crippen LogP contribution in [-0.2, 0) is 11.2 Å². The van der Waals surface area contributed by atoms with Gasteiger partial charge in [-0.1, -0.05) is 43.1 Å². The highest BCUT2D eigenvalue weighted by atomic mass is 32.1. The zero-order valence-electron chi connectivity index (χ0n) is 11.8. The normalized spacial score (nSPS) is 12.6. The van der Waals surface area contributed by atoms with E-state index in [1.165, 1.54) is 0 Å². The summed E-state index contributed by atoms with van der Waals surface area (Å²) in [5.74, 6) is -1.09. The Labute approximate surface area is 124 Å². The smallest absolute Gasteiger partial charge is 0.328 e. The van der Waals surface area contributed by atoms with E-state index in [0.717, 1.165) is 9.87 Å². The van der Waals surface area contributed by atoms with E-state index in [-0.39, 0.29) is 6.42 Å². The van der Waals surface area contributed by atoms with Crippen LogP contribution in [0.3, 0.4) is 0 Å². The fourth-order valence-corrected chi connectivity index (χ4v) is 1.87. The molecule has 2 amide bonds. The number of aliphatic carboxylic acids is 1. The van der Waals surface area contributed by atoms with Gasteiger partial charge in [-0.05, 0) is 26.3 Å². The van der Waals surface area contributed by atoms with Gasteiger partial charge in [-0.25, -0.2) is 9.59 Å². The van der Waals surface area contributed by atoms with Gasteiger partial charge in [-0.3, -0.25) is 4.31 Å². The van der Waals surface area contributed by atoms with Gasteiger partial charge in [0.2, 0.25) is 0 Å². The molecule has 6 heteroatoms. The minimum absolute atomic E-state index is 0.206. The van der Waals surface area contributed by atoms with Crippen LogP contribution in [0.5, 0.6) is 0 Å². The van der Waals surface area contributed by atoms with Crippen molar-refractivity contribution in [3.05, 3.63) is 35.9 Å². The lowest BCUT2D eigenvalue weighted by molar-refractivity contribution is -0.140. The van der Waals surface area contributed by atoms with Crippen molar-refractivity contribution >= 4 is 24.8 Å². The number of hydrogen-bond donors (Lipinski definition) is 3. The van der Waals surface area contributed by atoms with Crippen LogP contribution in [0.1, 0.15) is 26.3 Å². The molecule has 1 aromatic carbocycles. The third-order valence-electron chi connectivity index (χ3n) is 2.54. The number of nitrogens with zero attached hydrogens (tertiary/aromatic N) is 1. The van der Waals surface area contributed by atoms with Crippen LogP contribution in [0.4, 0.5) is 4.79 Å². The van der Waals surface area contributed by atoms with E-state index < -0.39 is 23.6 Å². The average Bonchev–Trinajstić information content (AvgIpc) is 2.34. The zero-order chi connectivity index (χ0) is 15.3. The van der Waals surface area contributed by atoms with Gasteiger partial charge in [0.05, 0.1) is 0 Å². The fraction of sp³-hybridized carbons (Fsp3) is 0.429. The van der Waals surface area contributed by atoms with Gasteiger partial charge >= 0.3 is 12.0 Å². The molecule has 1 unspecified atom stereocenters. The van der Waals surface area contributed by atoms with Crippen LogP contribution in [0.15, 0.2) is 30.3 Å². The molecule has 0 aliphatic heterocycles. The molecular weight excluding hydrogens is 276 g/mol. The Morgan fingerprint density at radius 3 is 2.30 bits per heavy atom. The molecule has 1 aromatic rings. The molecule has 0 heterocycles. The largest absolute Gasteiger partial charge is 0.480 e. The van der Waals surface area contributed by atoms with E-state index in [1.807, 2.05) is 51.1 Å². The van der Waals surface area contributed by atoms with E-state index in [1.54, 1.807) is 0 Å². The molecule has 0 saturated heterocycles.